The van der Waals surface area contributed by atoms with Crippen LogP contribution in [0.25, 0.3) is 0 Å². The highest BCUT2D eigenvalue weighted by Gasteiger charge is 2.29. The lowest BCUT2D eigenvalue weighted by Crippen LogP contribution is -2.42. The number of carbonyl (C=O) groups is 1. The van der Waals surface area contributed by atoms with E-state index in [0.29, 0.717) is 18.6 Å². The molecule has 4 heteroatoms. The van der Waals surface area contributed by atoms with Gasteiger partial charge in [-0.1, -0.05) is 13.8 Å². The molecule has 0 radical (unpaired) electrons. The number of carboxylic acid groups (broad SMARTS) is 1. The second-order valence-corrected chi connectivity index (χ2v) is 5.36. The number of carboxylic acids is 1. The van der Waals surface area contributed by atoms with E-state index in [2.05, 4.69) is 30.6 Å². The van der Waals surface area contributed by atoms with E-state index in [1.165, 1.54) is 6.42 Å². The van der Waals surface area contributed by atoms with Gasteiger partial charge in [0.15, 0.2) is 0 Å². The topological polar surface area (TPSA) is 43.8 Å². The van der Waals surface area contributed by atoms with Gasteiger partial charge in [0, 0.05) is 31.7 Å². The first-order valence-electron chi connectivity index (χ1n) is 6.66. The van der Waals surface area contributed by atoms with Gasteiger partial charge in [-0.25, -0.2) is 0 Å². The number of rotatable bonds is 6. The molecule has 100 valence electrons. The lowest BCUT2D eigenvalue weighted by Gasteiger charge is -2.29. The monoisotopic (exact) mass is 242 g/mol. The van der Waals surface area contributed by atoms with Crippen LogP contribution in [0.4, 0.5) is 0 Å². The Bertz CT molecular complexity index is 256. The Kier molecular flexibility index (Phi) is 5.40. The summed E-state index contributed by atoms with van der Waals surface area (Å²) >= 11 is 0. The van der Waals surface area contributed by atoms with E-state index in [4.69, 9.17) is 5.11 Å². The molecule has 2 unspecified atom stereocenters. The fourth-order valence-electron chi connectivity index (χ4n) is 2.50. The Balaban J connectivity index is 2.49. The highest BCUT2D eigenvalue weighted by Crippen LogP contribution is 2.18. The highest BCUT2D eigenvalue weighted by molar-refractivity contribution is 5.69. The minimum absolute atomic E-state index is 0.275. The van der Waals surface area contributed by atoms with Gasteiger partial charge in [0.1, 0.15) is 0 Å². The van der Waals surface area contributed by atoms with Gasteiger partial charge in [0.25, 0.3) is 0 Å². The molecule has 1 rings (SSSR count). The minimum Gasteiger partial charge on any atom is -0.481 e. The summed E-state index contributed by atoms with van der Waals surface area (Å²) in [5.74, 6) is -0.967. The number of aliphatic carboxylic acids is 1. The van der Waals surface area contributed by atoms with Crippen LogP contribution < -0.4 is 0 Å². The number of likely N-dealkylation sites (tertiary alicyclic amines) is 1. The first-order chi connectivity index (χ1) is 7.95. The molecular formula is C13H26N2O2. The van der Waals surface area contributed by atoms with Crippen LogP contribution in [-0.4, -0.2) is 59.1 Å². The van der Waals surface area contributed by atoms with E-state index >= 15 is 0 Å². The predicted octanol–water partition coefficient (Wildman–Crippen LogP) is 1.51. The van der Waals surface area contributed by atoms with Crippen molar-refractivity contribution >= 4 is 5.97 Å². The molecule has 0 aliphatic carbocycles. The summed E-state index contributed by atoms with van der Waals surface area (Å²) in [6, 6.07) is 1.12. The third kappa shape index (κ3) is 3.96. The van der Waals surface area contributed by atoms with Crippen molar-refractivity contribution in [2.45, 2.75) is 46.2 Å². The van der Waals surface area contributed by atoms with Gasteiger partial charge in [0.2, 0.25) is 0 Å². The fraction of sp³-hybridized carbons (Fsp3) is 0.923. The van der Waals surface area contributed by atoms with Gasteiger partial charge >= 0.3 is 5.97 Å². The summed E-state index contributed by atoms with van der Waals surface area (Å²) in [6.45, 7) is 12.2. The van der Waals surface area contributed by atoms with Crippen molar-refractivity contribution in [2.24, 2.45) is 5.92 Å². The third-order valence-corrected chi connectivity index (χ3v) is 3.78. The Hall–Kier alpha value is -0.610. The standard InChI is InChI=1S/C13H26N2O2/c1-5-14(8-11(4)13(16)17)12-6-7-15(9-12)10(2)3/h10-12H,5-9H2,1-4H3,(H,16,17). The fourth-order valence-corrected chi connectivity index (χ4v) is 2.50. The summed E-state index contributed by atoms with van der Waals surface area (Å²) in [4.78, 5) is 15.7. The summed E-state index contributed by atoms with van der Waals surface area (Å²) < 4.78 is 0. The van der Waals surface area contributed by atoms with Gasteiger partial charge in [-0.2, -0.15) is 0 Å². The van der Waals surface area contributed by atoms with Crippen LogP contribution in [0.15, 0.2) is 0 Å². The van der Waals surface area contributed by atoms with E-state index in [1.807, 2.05) is 0 Å². The molecule has 1 aliphatic rings. The summed E-state index contributed by atoms with van der Waals surface area (Å²) in [6.07, 6.45) is 1.17. The van der Waals surface area contributed by atoms with Crippen LogP contribution in [0.1, 0.15) is 34.1 Å². The van der Waals surface area contributed by atoms with E-state index in [9.17, 15) is 4.79 Å². The predicted molar refractivity (Wildman–Crippen MR) is 69.2 cm³/mol. The summed E-state index contributed by atoms with van der Waals surface area (Å²) in [5.41, 5.74) is 0. The number of hydrogen-bond acceptors (Lipinski definition) is 3. The SMILES string of the molecule is CCN(CC(C)C(=O)O)C1CCN(C(C)C)C1. The second-order valence-electron chi connectivity index (χ2n) is 5.36. The van der Waals surface area contributed by atoms with Crippen molar-refractivity contribution in [1.29, 1.82) is 0 Å². The molecule has 1 saturated heterocycles. The van der Waals surface area contributed by atoms with Crippen LogP contribution in [0.5, 0.6) is 0 Å². The maximum absolute atomic E-state index is 10.9. The maximum atomic E-state index is 10.9. The van der Waals surface area contributed by atoms with Crippen LogP contribution in [-0.2, 0) is 4.79 Å². The molecule has 1 heterocycles. The zero-order chi connectivity index (χ0) is 13.0. The third-order valence-electron chi connectivity index (χ3n) is 3.78. The van der Waals surface area contributed by atoms with Crippen molar-refractivity contribution in [3.8, 4) is 0 Å². The van der Waals surface area contributed by atoms with E-state index in [0.717, 1.165) is 19.6 Å². The normalized spacial score (nSPS) is 23.5. The number of likely N-dealkylation sites (N-methyl/N-ethyl adjacent to an activating group) is 1. The second kappa shape index (κ2) is 6.36. The van der Waals surface area contributed by atoms with Gasteiger partial charge in [-0.05, 0) is 26.8 Å². The molecule has 0 aromatic carbocycles. The van der Waals surface area contributed by atoms with Gasteiger partial charge in [-0.15, -0.1) is 0 Å². The lowest BCUT2D eigenvalue weighted by atomic mass is 10.1. The largest absolute Gasteiger partial charge is 0.481 e. The van der Waals surface area contributed by atoms with Crippen molar-refractivity contribution in [3.63, 3.8) is 0 Å². The first kappa shape index (κ1) is 14.5. The van der Waals surface area contributed by atoms with Crippen LogP contribution >= 0.6 is 0 Å². The van der Waals surface area contributed by atoms with E-state index in [-0.39, 0.29) is 5.92 Å². The van der Waals surface area contributed by atoms with Crippen LogP contribution in [0.3, 0.4) is 0 Å². The summed E-state index contributed by atoms with van der Waals surface area (Å²) in [7, 11) is 0. The molecule has 2 atom stereocenters. The number of nitrogens with zero attached hydrogens (tertiary/aromatic N) is 2. The van der Waals surface area contributed by atoms with Gasteiger partial charge < -0.3 is 5.11 Å². The quantitative estimate of drug-likeness (QED) is 0.767. The molecule has 0 saturated carbocycles. The summed E-state index contributed by atoms with van der Waals surface area (Å²) in [5, 5.41) is 8.97. The van der Waals surface area contributed by atoms with Gasteiger partial charge in [0.05, 0.1) is 5.92 Å². The Morgan fingerprint density at radius 1 is 1.47 bits per heavy atom. The molecule has 1 aliphatic heterocycles. The lowest BCUT2D eigenvalue weighted by molar-refractivity contribution is -0.141. The molecule has 17 heavy (non-hydrogen) atoms. The molecule has 1 N–H and O–H groups in total. The van der Waals surface area contributed by atoms with Crippen LogP contribution in [0, 0.1) is 5.92 Å². The molecular weight excluding hydrogens is 216 g/mol. The highest BCUT2D eigenvalue weighted by atomic mass is 16.4. The molecule has 0 amide bonds. The van der Waals surface area contributed by atoms with E-state index < -0.39 is 5.97 Å². The zero-order valence-electron chi connectivity index (χ0n) is 11.5. The molecule has 0 spiro atoms. The van der Waals surface area contributed by atoms with Crippen LogP contribution in [0.2, 0.25) is 0 Å². The molecule has 4 nitrogen and oxygen atoms in total. The minimum atomic E-state index is -0.692. The first-order valence-corrected chi connectivity index (χ1v) is 6.66. The average Bonchev–Trinajstić information content (AvgIpc) is 2.74. The smallest absolute Gasteiger partial charge is 0.307 e. The Morgan fingerprint density at radius 2 is 2.12 bits per heavy atom. The Morgan fingerprint density at radius 3 is 2.53 bits per heavy atom. The zero-order valence-corrected chi connectivity index (χ0v) is 11.5. The average molecular weight is 242 g/mol. The molecule has 0 aromatic rings. The van der Waals surface area contributed by atoms with Gasteiger partial charge in [-0.3, -0.25) is 14.6 Å². The van der Waals surface area contributed by atoms with Crippen molar-refractivity contribution in [3.05, 3.63) is 0 Å². The van der Waals surface area contributed by atoms with Crippen molar-refractivity contribution in [1.82, 2.24) is 9.80 Å². The van der Waals surface area contributed by atoms with Crippen molar-refractivity contribution in [2.75, 3.05) is 26.2 Å². The molecule has 0 bridgehead atoms. The van der Waals surface area contributed by atoms with E-state index in [1.54, 1.807) is 6.92 Å². The molecule has 0 aromatic heterocycles. The maximum Gasteiger partial charge on any atom is 0.307 e. The Labute approximate surface area is 105 Å². The number of hydrogen-bond donors (Lipinski definition) is 1. The molecule has 1 fully saturated rings. The van der Waals surface area contributed by atoms with Crippen molar-refractivity contribution < 1.29 is 9.90 Å².